The topological polar surface area (TPSA) is 70.5 Å². The van der Waals surface area contributed by atoms with Crippen LogP contribution in [0.15, 0.2) is 16.7 Å². The number of hydrogen-bond donors (Lipinski definition) is 1. The lowest BCUT2D eigenvalue weighted by molar-refractivity contribution is -0.137. The average Bonchev–Trinajstić information content (AvgIpc) is 2.28. The molecule has 7 heteroatoms. The van der Waals surface area contributed by atoms with Gasteiger partial charge < -0.3 is 10.0 Å². The first-order valence-electron chi connectivity index (χ1n) is 4.70. The minimum atomic E-state index is -0.955. The van der Waals surface area contributed by atoms with E-state index in [2.05, 4.69) is 20.9 Å². The molecule has 0 spiro atoms. The molecule has 0 aliphatic carbocycles. The molecule has 92 valence electrons. The fraction of sp³-hybridized carbons (Fsp3) is 0.300. The Labute approximate surface area is 112 Å². The van der Waals surface area contributed by atoms with E-state index in [1.54, 1.807) is 6.07 Å². The van der Waals surface area contributed by atoms with Gasteiger partial charge in [0.2, 0.25) is 0 Å². The average molecular weight is 322 g/mol. The first-order valence-corrected chi connectivity index (χ1v) is 5.87. The second-order valence-corrected chi connectivity index (χ2v) is 4.64. The van der Waals surface area contributed by atoms with Gasteiger partial charge >= 0.3 is 5.97 Å². The molecular formula is C10H10BrClN2O3. The molecule has 1 N–H and O–H groups in total. The van der Waals surface area contributed by atoms with Crippen molar-refractivity contribution in [3.8, 4) is 0 Å². The predicted molar refractivity (Wildman–Crippen MR) is 66.2 cm³/mol. The number of pyridine rings is 1. The Balaban J connectivity index is 2.81. The Bertz CT molecular complexity index is 453. The number of carboxylic acid groups (broad SMARTS) is 1. The molecule has 0 unspecified atom stereocenters. The van der Waals surface area contributed by atoms with E-state index in [9.17, 15) is 9.59 Å². The van der Waals surface area contributed by atoms with Crippen molar-refractivity contribution in [1.29, 1.82) is 0 Å². The molecule has 0 saturated heterocycles. The van der Waals surface area contributed by atoms with Crippen molar-refractivity contribution in [2.75, 3.05) is 13.6 Å². The summed E-state index contributed by atoms with van der Waals surface area (Å²) in [6.07, 6.45) is 1.37. The summed E-state index contributed by atoms with van der Waals surface area (Å²) in [5.41, 5.74) is 0.244. The minimum absolute atomic E-state index is 0.0976. The fourth-order valence-corrected chi connectivity index (χ4v) is 1.66. The van der Waals surface area contributed by atoms with Crippen molar-refractivity contribution in [2.24, 2.45) is 0 Å². The Morgan fingerprint density at radius 2 is 2.24 bits per heavy atom. The highest BCUT2D eigenvalue weighted by Gasteiger charge is 2.17. The number of rotatable bonds is 4. The van der Waals surface area contributed by atoms with Crippen LogP contribution < -0.4 is 0 Å². The summed E-state index contributed by atoms with van der Waals surface area (Å²) < 4.78 is 0.636. The monoisotopic (exact) mass is 320 g/mol. The molecule has 0 bridgehead atoms. The van der Waals surface area contributed by atoms with Crippen LogP contribution in [-0.2, 0) is 4.79 Å². The van der Waals surface area contributed by atoms with Gasteiger partial charge in [-0.15, -0.1) is 0 Å². The summed E-state index contributed by atoms with van der Waals surface area (Å²) in [5.74, 6) is -1.31. The summed E-state index contributed by atoms with van der Waals surface area (Å²) >= 11 is 8.99. The second kappa shape index (κ2) is 5.97. The molecule has 0 aliphatic heterocycles. The lowest BCUT2D eigenvalue weighted by Crippen LogP contribution is -2.29. The molecule has 1 amide bonds. The van der Waals surface area contributed by atoms with Crippen molar-refractivity contribution in [2.45, 2.75) is 6.42 Å². The molecule has 5 nitrogen and oxygen atoms in total. The SMILES string of the molecule is CN(CCC(=O)O)C(=O)c1cc(Br)cnc1Cl. The van der Waals surface area contributed by atoms with Gasteiger partial charge in [-0.1, -0.05) is 11.6 Å². The van der Waals surface area contributed by atoms with Gasteiger partial charge in [-0.05, 0) is 22.0 Å². The Hall–Kier alpha value is -1.14. The van der Waals surface area contributed by atoms with Crippen LogP contribution >= 0.6 is 27.5 Å². The van der Waals surface area contributed by atoms with Gasteiger partial charge in [-0.25, -0.2) is 4.98 Å². The van der Waals surface area contributed by atoms with Gasteiger partial charge in [0.25, 0.3) is 5.91 Å². The van der Waals surface area contributed by atoms with E-state index in [0.717, 1.165) is 0 Å². The number of carbonyl (C=O) groups excluding carboxylic acids is 1. The quantitative estimate of drug-likeness (QED) is 0.862. The van der Waals surface area contributed by atoms with Gasteiger partial charge in [-0.3, -0.25) is 9.59 Å². The molecule has 0 fully saturated rings. The normalized spacial score (nSPS) is 10.1. The minimum Gasteiger partial charge on any atom is -0.481 e. The maximum atomic E-state index is 11.9. The van der Waals surface area contributed by atoms with Crippen molar-refractivity contribution < 1.29 is 14.7 Å². The lowest BCUT2D eigenvalue weighted by Gasteiger charge is -2.16. The maximum Gasteiger partial charge on any atom is 0.305 e. The molecule has 0 aliphatic rings. The maximum absolute atomic E-state index is 11.9. The van der Waals surface area contributed by atoms with Crippen LogP contribution in [0.2, 0.25) is 5.15 Å². The molecule has 0 saturated carbocycles. The van der Waals surface area contributed by atoms with Gasteiger partial charge in [0.1, 0.15) is 5.15 Å². The molecule has 1 heterocycles. The van der Waals surface area contributed by atoms with Crippen molar-refractivity contribution >= 4 is 39.4 Å². The molecule has 0 atom stereocenters. The molecule has 0 aromatic carbocycles. The third-order valence-corrected chi connectivity index (χ3v) is 2.78. The van der Waals surface area contributed by atoms with Crippen LogP contribution in [-0.4, -0.2) is 40.5 Å². The van der Waals surface area contributed by atoms with E-state index in [1.807, 2.05) is 0 Å². The zero-order valence-corrected chi connectivity index (χ0v) is 11.3. The van der Waals surface area contributed by atoms with Gasteiger partial charge in [-0.2, -0.15) is 0 Å². The highest BCUT2D eigenvalue weighted by molar-refractivity contribution is 9.10. The van der Waals surface area contributed by atoms with Gasteiger partial charge in [0.15, 0.2) is 0 Å². The van der Waals surface area contributed by atoms with Crippen LogP contribution in [0.3, 0.4) is 0 Å². The van der Waals surface area contributed by atoms with Gasteiger partial charge in [0.05, 0.1) is 12.0 Å². The third kappa shape index (κ3) is 3.98. The van der Waals surface area contributed by atoms with E-state index in [4.69, 9.17) is 16.7 Å². The molecule has 1 aromatic rings. The fourth-order valence-electron chi connectivity index (χ4n) is 1.14. The van der Waals surface area contributed by atoms with Crippen LogP contribution in [0.4, 0.5) is 0 Å². The van der Waals surface area contributed by atoms with E-state index in [0.29, 0.717) is 4.47 Å². The zero-order valence-electron chi connectivity index (χ0n) is 8.98. The zero-order chi connectivity index (χ0) is 13.0. The van der Waals surface area contributed by atoms with E-state index >= 15 is 0 Å². The summed E-state index contributed by atoms with van der Waals surface area (Å²) in [6.45, 7) is 0.122. The van der Waals surface area contributed by atoms with Crippen molar-refractivity contribution in [3.63, 3.8) is 0 Å². The smallest absolute Gasteiger partial charge is 0.305 e. The van der Waals surface area contributed by atoms with Crippen LogP contribution in [0, 0.1) is 0 Å². The van der Waals surface area contributed by atoms with Crippen LogP contribution in [0.25, 0.3) is 0 Å². The number of aromatic nitrogens is 1. The Morgan fingerprint density at radius 1 is 1.59 bits per heavy atom. The number of nitrogens with zero attached hydrogens (tertiary/aromatic N) is 2. The number of hydrogen-bond acceptors (Lipinski definition) is 3. The molecule has 17 heavy (non-hydrogen) atoms. The number of carboxylic acids is 1. The lowest BCUT2D eigenvalue weighted by atomic mass is 10.2. The molecular weight excluding hydrogens is 311 g/mol. The summed E-state index contributed by atoms with van der Waals surface area (Å²) in [4.78, 5) is 27.4. The summed E-state index contributed by atoms with van der Waals surface area (Å²) in [5, 5.41) is 8.63. The first-order chi connectivity index (χ1) is 7.91. The number of amides is 1. The van der Waals surface area contributed by atoms with E-state index in [-0.39, 0.29) is 29.6 Å². The largest absolute Gasteiger partial charge is 0.481 e. The molecule has 1 rings (SSSR count). The number of halogens is 2. The summed E-state index contributed by atoms with van der Waals surface area (Å²) in [7, 11) is 1.52. The van der Waals surface area contributed by atoms with E-state index < -0.39 is 5.97 Å². The first kappa shape index (κ1) is 13.9. The van der Waals surface area contributed by atoms with Crippen molar-refractivity contribution in [3.05, 3.63) is 27.5 Å². The third-order valence-electron chi connectivity index (χ3n) is 2.04. The second-order valence-electron chi connectivity index (χ2n) is 3.36. The van der Waals surface area contributed by atoms with Crippen LogP contribution in [0.5, 0.6) is 0 Å². The molecule has 1 aromatic heterocycles. The highest BCUT2D eigenvalue weighted by atomic mass is 79.9. The number of aliphatic carboxylic acids is 1. The van der Waals surface area contributed by atoms with E-state index in [1.165, 1.54) is 18.1 Å². The number of carbonyl (C=O) groups is 2. The Kier molecular flexibility index (Phi) is 4.89. The standard InChI is InChI=1S/C10H10BrClN2O3/c1-14(3-2-8(15)16)10(17)7-4-6(11)5-13-9(7)12/h4-5H,2-3H2,1H3,(H,15,16). The van der Waals surface area contributed by atoms with Crippen LogP contribution in [0.1, 0.15) is 16.8 Å². The van der Waals surface area contributed by atoms with Gasteiger partial charge in [0, 0.05) is 24.3 Å². The summed E-state index contributed by atoms with van der Waals surface area (Å²) in [6, 6.07) is 1.55. The highest BCUT2D eigenvalue weighted by Crippen LogP contribution is 2.19. The predicted octanol–water partition coefficient (Wildman–Crippen LogP) is 2.04. The van der Waals surface area contributed by atoms with Crippen molar-refractivity contribution in [1.82, 2.24) is 9.88 Å². The Morgan fingerprint density at radius 3 is 2.82 bits per heavy atom. The molecule has 0 radical (unpaired) electrons.